The predicted molar refractivity (Wildman–Crippen MR) is 88.0 cm³/mol. The Labute approximate surface area is 137 Å². The first-order valence-corrected chi connectivity index (χ1v) is 7.95. The van der Waals surface area contributed by atoms with Crippen LogP contribution >= 0.6 is 27.5 Å². The van der Waals surface area contributed by atoms with Crippen LogP contribution in [0.4, 0.5) is 15.8 Å². The highest BCUT2D eigenvalue weighted by molar-refractivity contribution is 9.10. The monoisotopic (exact) mass is 368 g/mol. The normalized spacial score (nSPS) is 16.7. The second kappa shape index (κ2) is 5.25. The summed E-state index contributed by atoms with van der Waals surface area (Å²) in [5, 5.41) is 0.144. The van der Waals surface area contributed by atoms with Crippen molar-refractivity contribution in [2.24, 2.45) is 0 Å². The van der Waals surface area contributed by atoms with E-state index in [9.17, 15) is 4.39 Å². The highest BCUT2D eigenvalue weighted by Gasteiger charge is 2.33. The molecule has 0 saturated carbocycles. The molecule has 2 heterocycles. The van der Waals surface area contributed by atoms with E-state index in [0.717, 1.165) is 34.6 Å². The highest BCUT2D eigenvalue weighted by Crippen LogP contribution is 2.42. The molecule has 0 fully saturated rings. The van der Waals surface area contributed by atoms with Crippen LogP contribution in [0.15, 0.2) is 34.9 Å². The van der Waals surface area contributed by atoms with Crippen LogP contribution in [0, 0.1) is 5.82 Å². The van der Waals surface area contributed by atoms with Crippen molar-refractivity contribution < 1.29 is 4.39 Å². The van der Waals surface area contributed by atoms with Gasteiger partial charge in [-0.3, -0.25) is 0 Å². The number of pyridine rings is 1. The summed E-state index contributed by atoms with van der Waals surface area (Å²) >= 11 is 9.21. The molecule has 0 bridgehead atoms. The van der Waals surface area contributed by atoms with Crippen molar-refractivity contribution in [3.05, 3.63) is 51.5 Å². The number of hydrogen-bond donors (Lipinski definition) is 0. The van der Waals surface area contributed by atoms with Crippen molar-refractivity contribution in [3.8, 4) is 0 Å². The van der Waals surface area contributed by atoms with Gasteiger partial charge in [0.05, 0.1) is 16.4 Å². The average Bonchev–Trinajstić information content (AvgIpc) is 2.43. The van der Waals surface area contributed by atoms with Gasteiger partial charge in [-0.1, -0.05) is 25.4 Å². The summed E-state index contributed by atoms with van der Waals surface area (Å²) in [4.78, 5) is 6.73. The third-order valence-electron chi connectivity index (χ3n) is 3.95. The number of aromatic nitrogens is 1. The van der Waals surface area contributed by atoms with Gasteiger partial charge in [0, 0.05) is 17.6 Å². The van der Waals surface area contributed by atoms with Crippen molar-refractivity contribution in [2.75, 3.05) is 11.4 Å². The SMILES string of the molecule is CC1(C)CCN(c2ccc(Cl)c(F)c2)c2ccc(Br)nc21. The van der Waals surface area contributed by atoms with E-state index < -0.39 is 5.82 Å². The van der Waals surface area contributed by atoms with Crippen LogP contribution in [-0.2, 0) is 5.41 Å². The molecule has 2 nitrogen and oxygen atoms in total. The van der Waals surface area contributed by atoms with E-state index in [4.69, 9.17) is 11.6 Å². The first-order valence-electron chi connectivity index (χ1n) is 6.78. The quantitative estimate of drug-likeness (QED) is 0.621. The molecule has 5 heteroatoms. The van der Waals surface area contributed by atoms with Crippen molar-refractivity contribution >= 4 is 38.9 Å². The Morgan fingerprint density at radius 1 is 1.29 bits per heavy atom. The average molecular weight is 370 g/mol. The molecule has 0 atom stereocenters. The van der Waals surface area contributed by atoms with Gasteiger partial charge in [-0.05, 0) is 52.7 Å². The van der Waals surface area contributed by atoms with Crippen molar-refractivity contribution in [3.63, 3.8) is 0 Å². The summed E-state index contributed by atoms with van der Waals surface area (Å²) in [5.41, 5.74) is 2.85. The van der Waals surface area contributed by atoms with Crippen molar-refractivity contribution in [2.45, 2.75) is 25.7 Å². The summed E-state index contributed by atoms with van der Waals surface area (Å²) in [6.45, 7) is 5.19. The summed E-state index contributed by atoms with van der Waals surface area (Å²) < 4.78 is 14.6. The van der Waals surface area contributed by atoms with Gasteiger partial charge in [-0.2, -0.15) is 0 Å². The first-order chi connectivity index (χ1) is 9.88. The molecule has 0 unspecified atom stereocenters. The van der Waals surface area contributed by atoms with Crippen molar-refractivity contribution in [1.29, 1.82) is 0 Å². The molecule has 3 rings (SSSR count). The van der Waals surface area contributed by atoms with Crippen LogP contribution in [0.5, 0.6) is 0 Å². The molecular weight excluding hydrogens is 355 g/mol. The molecule has 110 valence electrons. The second-order valence-electron chi connectivity index (χ2n) is 5.89. The van der Waals surface area contributed by atoms with E-state index in [0.29, 0.717) is 0 Å². The fourth-order valence-corrected chi connectivity index (χ4v) is 3.12. The van der Waals surface area contributed by atoms with Crippen molar-refractivity contribution in [1.82, 2.24) is 4.98 Å². The standard InChI is InChI=1S/C16H15BrClFN2/c1-16(2)7-8-21(10-3-4-11(18)12(19)9-10)13-5-6-14(17)20-15(13)16/h3-6,9H,7-8H2,1-2H3. The molecule has 1 aromatic carbocycles. The molecule has 1 aliphatic rings. The lowest BCUT2D eigenvalue weighted by atomic mass is 9.81. The van der Waals surface area contributed by atoms with E-state index in [-0.39, 0.29) is 10.4 Å². The van der Waals surface area contributed by atoms with E-state index in [1.165, 1.54) is 6.07 Å². The number of anilines is 2. The number of hydrogen-bond acceptors (Lipinski definition) is 2. The number of benzene rings is 1. The molecule has 0 saturated heterocycles. The summed E-state index contributed by atoms with van der Waals surface area (Å²) in [6, 6.07) is 8.86. The number of rotatable bonds is 1. The Morgan fingerprint density at radius 2 is 2.05 bits per heavy atom. The van der Waals surface area contributed by atoms with Gasteiger partial charge in [0.1, 0.15) is 10.4 Å². The molecule has 0 N–H and O–H groups in total. The number of fused-ring (bicyclic) bond motifs is 1. The first kappa shape index (κ1) is 14.8. The Hall–Kier alpha value is -1.13. The Bertz CT molecular complexity index is 703. The lowest BCUT2D eigenvalue weighted by molar-refractivity contribution is 0.451. The fraction of sp³-hybridized carbons (Fsp3) is 0.312. The summed E-state index contributed by atoms with van der Waals surface area (Å²) in [5.74, 6) is -0.398. The number of halogens is 3. The predicted octanol–water partition coefficient (Wildman–Crippen LogP) is 5.46. The lowest BCUT2D eigenvalue weighted by Crippen LogP contribution is -2.35. The Balaban J connectivity index is 2.12. The zero-order valence-corrected chi connectivity index (χ0v) is 14.2. The molecule has 0 aliphatic carbocycles. The maximum absolute atomic E-state index is 13.7. The van der Waals surface area contributed by atoms with E-state index in [2.05, 4.69) is 39.7 Å². The fourth-order valence-electron chi connectivity index (χ4n) is 2.70. The Kier molecular flexibility index (Phi) is 3.70. The van der Waals surface area contributed by atoms with Gasteiger partial charge in [-0.25, -0.2) is 9.37 Å². The van der Waals surface area contributed by atoms with E-state index in [1.807, 2.05) is 18.2 Å². The summed E-state index contributed by atoms with van der Waals surface area (Å²) in [6.07, 6.45) is 0.952. The lowest BCUT2D eigenvalue weighted by Gasteiger charge is -2.39. The zero-order valence-electron chi connectivity index (χ0n) is 11.8. The maximum Gasteiger partial charge on any atom is 0.143 e. The van der Waals surface area contributed by atoms with Crippen LogP contribution in [0.1, 0.15) is 26.0 Å². The minimum absolute atomic E-state index is 0.000579. The molecule has 0 amide bonds. The minimum Gasteiger partial charge on any atom is -0.340 e. The highest BCUT2D eigenvalue weighted by atomic mass is 79.9. The summed E-state index contributed by atoms with van der Waals surface area (Å²) in [7, 11) is 0. The van der Waals surface area contributed by atoms with Crippen LogP contribution < -0.4 is 4.90 Å². The molecular formula is C16H15BrClFN2. The Morgan fingerprint density at radius 3 is 2.76 bits per heavy atom. The third kappa shape index (κ3) is 2.67. The smallest absolute Gasteiger partial charge is 0.143 e. The van der Waals surface area contributed by atoms with Gasteiger partial charge >= 0.3 is 0 Å². The van der Waals surface area contributed by atoms with Gasteiger partial charge in [0.25, 0.3) is 0 Å². The van der Waals surface area contributed by atoms with Gasteiger partial charge in [0.15, 0.2) is 0 Å². The van der Waals surface area contributed by atoms with Crippen LogP contribution in [-0.4, -0.2) is 11.5 Å². The maximum atomic E-state index is 13.7. The number of nitrogens with zero attached hydrogens (tertiary/aromatic N) is 2. The van der Waals surface area contributed by atoms with E-state index >= 15 is 0 Å². The third-order valence-corrected chi connectivity index (χ3v) is 4.70. The largest absolute Gasteiger partial charge is 0.340 e. The van der Waals surface area contributed by atoms with Gasteiger partial charge in [-0.15, -0.1) is 0 Å². The molecule has 0 radical (unpaired) electrons. The second-order valence-corrected chi connectivity index (χ2v) is 7.11. The van der Waals surface area contributed by atoms with Crippen LogP contribution in [0.25, 0.3) is 0 Å². The van der Waals surface area contributed by atoms with E-state index in [1.54, 1.807) is 6.07 Å². The molecule has 21 heavy (non-hydrogen) atoms. The topological polar surface area (TPSA) is 16.1 Å². The van der Waals surface area contributed by atoms with Crippen LogP contribution in [0.2, 0.25) is 5.02 Å². The molecule has 2 aromatic rings. The molecule has 0 spiro atoms. The zero-order chi connectivity index (χ0) is 15.2. The minimum atomic E-state index is -0.398. The van der Waals surface area contributed by atoms with Crippen LogP contribution in [0.3, 0.4) is 0 Å². The van der Waals surface area contributed by atoms with Gasteiger partial charge < -0.3 is 4.90 Å². The molecule has 1 aromatic heterocycles. The molecule has 1 aliphatic heterocycles. The van der Waals surface area contributed by atoms with Gasteiger partial charge in [0.2, 0.25) is 0 Å².